The number of nitrogens with zero attached hydrogens (tertiary/aromatic N) is 3. The second-order valence-electron chi connectivity index (χ2n) is 4.52. The van der Waals surface area contributed by atoms with Crippen molar-refractivity contribution in [3.63, 3.8) is 0 Å². The number of rotatable bonds is 2. The molecule has 1 unspecified atom stereocenters. The van der Waals surface area contributed by atoms with E-state index in [2.05, 4.69) is 20.9 Å². The molecule has 0 bridgehead atoms. The third kappa shape index (κ3) is 2.64. The summed E-state index contributed by atoms with van der Waals surface area (Å²) in [5.41, 5.74) is 1.04. The number of aromatic nitrogens is 2. The van der Waals surface area contributed by atoms with Crippen molar-refractivity contribution < 1.29 is 0 Å². The summed E-state index contributed by atoms with van der Waals surface area (Å²) in [6.07, 6.45) is 2.45. The SMILES string of the molecule is Cc1cc(N2CCCC(CCl)C2)nc(C)n1. The molecule has 1 aliphatic heterocycles. The Kier molecular flexibility index (Phi) is 3.64. The van der Waals surface area contributed by atoms with E-state index in [9.17, 15) is 0 Å². The van der Waals surface area contributed by atoms with Gasteiger partial charge in [0, 0.05) is 30.7 Å². The first kappa shape index (κ1) is 11.6. The first-order valence-corrected chi connectivity index (χ1v) is 6.35. The van der Waals surface area contributed by atoms with Crippen LogP contribution >= 0.6 is 11.6 Å². The number of aryl methyl sites for hydroxylation is 2. The normalized spacial score (nSPS) is 21.2. The number of halogens is 1. The number of hydrogen-bond donors (Lipinski definition) is 0. The van der Waals surface area contributed by atoms with Crippen LogP contribution in [0.1, 0.15) is 24.4 Å². The lowest BCUT2D eigenvalue weighted by Gasteiger charge is -2.32. The van der Waals surface area contributed by atoms with Crippen LogP contribution in [0.3, 0.4) is 0 Å². The zero-order chi connectivity index (χ0) is 11.5. The van der Waals surface area contributed by atoms with Crippen LogP contribution < -0.4 is 4.90 Å². The Bertz CT molecular complexity index is 347. The second-order valence-corrected chi connectivity index (χ2v) is 4.83. The standard InChI is InChI=1S/C12H18ClN3/c1-9-6-12(15-10(2)14-9)16-5-3-4-11(7-13)8-16/h6,11H,3-5,7-8H2,1-2H3. The largest absolute Gasteiger partial charge is 0.356 e. The van der Waals surface area contributed by atoms with E-state index in [1.54, 1.807) is 0 Å². The van der Waals surface area contributed by atoms with Gasteiger partial charge in [-0.05, 0) is 32.6 Å². The van der Waals surface area contributed by atoms with Crippen molar-refractivity contribution in [1.82, 2.24) is 9.97 Å². The smallest absolute Gasteiger partial charge is 0.132 e. The lowest BCUT2D eigenvalue weighted by atomic mass is 10.0. The molecule has 1 aromatic rings. The monoisotopic (exact) mass is 239 g/mol. The van der Waals surface area contributed by atoms with Crippen LogP contribution in [0.4, 0.5) is 5.82 Å². The Hall–Kier alpha value is -0.830. The zero-order valence-electron chi connectivity index (χ0n) is 9.91. The molecule has 0 spiro atoms. The van der Waals surface area contributed by atoms with E-state index in [1.165, 1.54) is 12.8 Å². The van der Waals surface area contributed by atoms with E-state index in [0.717, 1.165) is 36.3 Å². The van der Waals surface area contributed by atoms with Crippen molar-refractivity contribution >= 4 is 17.4 Å². The Labute approximate surface area is 102 Å². The lowest BCUT2D eigenvalue weighted by molar-refractivity contribution is 0.448. The summed E-state index contributed by atoms with van der Waals surface area (Å²) >= 11 is 5.94. The first-order valence-electron chi connectivity index (χ1n) is 5.82. The highest BCUT2D eigenvalue weighted by Crippen LogP contribution is 2.22. The van der Waals surface area contributed by atoms with Crippen LogP contribution in [0, 0.1) is 19.8 Å². The molecule has 0 saturated carbocycles. The molecule has 0 radical (unpaired) electrons. The van der Waals surface area contributed by atoms with Gasteiger partial charge in [-0.2, -0.15) is 0 Å². The second kappa shape index (κ2) is 5.00. The van der Waals surface area contributed by atoms with Gasteiger partial charge in [0.1, 0.15) is 11.6 Å². The van der Waals surface area contributed by atoms with E-state index in [4.69, 9.17) is 11.6 Å². The van der Waals surface area contributed by atoms with Gasteiger partial charge in [0.05, 0.1) is 0 Å². The average molecular weight is 240 g/mol. The van der Waals surface area contributed by atoms with Crippen molar-refractivity contribution in [2.45, 2.75) is 26.7 Å². The molecule has 0 N–H and O–H groups in total. The van der Waals surface area contributed by atoms with Gasteiger partial charge in [-0.25, -0.2) is 9.97 Å². The molecule has 2 rings (SSSR count). The molecule has 3 nitrogen and oxygen atoms in total. The number of piperidine rings is 1. The molecule has 4 heteroatoms. The van der Waals surface area contributed by atoms with Crippen LogP contribution in [0.2, 0.25) is 0 Å². The minimum atomic E-state index is 0.603. The fraction of sp³-hybridized carbons (Fsp3) is 0.667. The van der Waals surface area contributed by atoms with Crippen molar-refractivity contribution in [2.75, 3.05) is 23.9 Å². The van der Waals surface area contributed by atoms with E-state index in [0.29, 0.717) is 5.92 Å². The van der Waals surface area contributed by atoms with E-state index in [1.807, 2.05) is 13.8 Å². The van der Waals surface area contributed by atoms with Crippen molar-refractivity contribution in [3.8, 4) is 0 Å². The first-order chi connectivity index (χ1) is 7.69. The quantitative estimate of drug-likeness (QED) is 0.743. The maximum Gasteiger partial charge on any atom is 0.132 e. The average Bonchev–Trinajstić information content (AvgIpc) is 2.28. The van der Waals surface area contributed by atoms with Crippen molar-refractivity contribution in [3.05, 3.63) is 17.6 Å². The molecule has 1 fully saturated rings. The number of hydrogen-bond acceptors (Lipinski definition) is 3. The predicted molar refractivity (Wildman–Crippen MR) is 67.2 cm³/mol. The third-order valence-electron chi connectivity index (χ3n) is 3.01. The summed E-state index contributed by atoms with van der Waals surface area (Å²) in [4.78, 5) is 11.1. The molecule has 1 atom stereocenters. The topological polar surface area (TPSA) is 29.0 Å². The minimum absolute atomic E-state index is 0.603. The van der Waals surface area contributed by atoms with Crippen LogP contribution in [0.5, 0.6) is 0 Å². The maximum atomic E-state index is 5.94. The van der Waals surface area contributed by atoms with E-state index >= 15 is 0 Å². The number of alkyl halides is 1. The number of anilines is 1. The molecular formula is C12H18ClN3. The Balaban J connectivity index is 2.16. The molecule has 1 saturated heterocycles. The summed E-state index contributed by atoms with van der Waals surface area (Å²) in [7, 11) is 0. The molecule has 0 aliphatic carbocycles. The minimum Gasteiger partial charge on any atom is -0.356 e. The van der Waals surface area contributed by atoms with Gasteiger partial charge in [0.2, 0.25) is 0 Å². The fourth-order valence-electron chi connectivity index (χ4n) is 2.26. The molecule has 0 aromatic carbocycles. The summed E-state index contributed by atoms with van der Waals surface area (Å²) in [5.74, 6) is 3.26. The summed E-state index contributed by atoms with van der Waals surface area (Å²) in [6, 6.07) is 2.06. The highest BCUT2D eigenvalue weighted by atomic mass is 35.5. The van der Waals surface area contributed by atoms with Crippen LogP contribution in [-0.2, 0) is 0 Å². The molecular weight excluding hydrogens is 222 g/mol. The Morgan fingerprint density at radius 3 is 2.94 bits per heavy atom. The van der Waals surface area contributed by atoms with Crippen LogP contribution in [-0.4, -0.2) is 28.9 Å². The predicted octanol–water partition coefficient (Wildman–Crippen LogP) is 2.55. The van der Waals surface area contributed by atoms with E-state index in [-0.39, 0.29) is 0 Å². The van der Waals surface area contributed by atoms with Crippen LogP contribution in [0.25, 0.3) is 0 Å². The molecule has 1 aliphatic rings. The molecule has 2 heterocycles. The van der Waals surface area contributed by atoms with Gasteiger partial charge >= 0.3 is 0 Å². The van der Waals surface area contributed by atoms with Gasteiger partial charge in [-0.1, -0.05) is 0 Å². The summed E-state index contributed by atoms with van der Waals surface area (Å²) in [5, 5.41) is 0. The zero-order valence-corrected chi connectivity index (χ0v) is 10.7. The lowest BCUT2D eigenvalue weighted by Crippen LogP contribution is -2.36. The van der Waals surface area contributed by atoms with Crippen molar-refractivity contribution in [1.29, 1.82) is 0 Å². The molecule has 16 heavy (non-hydrogen) atoms. The highest BCUT2D eigenvalue weighted by molar-refractivity contribution is 6.18. The van der Waals surface area contributed by atoms with Gasteiger partial charge in [-0.3, -0.25) is 0 Å². The van der Waals surface area contributed by atoms with Gasteiger partial charge in [0.15, 0.2) is 0 Å². The van der Waals surface area contributed by atoms with Gasteiger partial charge in [0.25, 0.3) is 0 Å². The maximum absolute atomic E-state index is 5.94. The molecule has 0 amide bonds. The third-order valence-corrected chi connectivity index (χ3v) is 3.45. The summed E-state index contributed by atoms with van der Waals surface area (Å²) in [6.45, 7) is 6.07. The van der Waals surface area contributed by atoms with E-state index < -0.39 is 0 Å². The Morgan fingerprint density at radius 1 is 1.44 bits per heavy atom. The summed E-state index contributed by atoms with van der Waals surface area (Å²) < 4.78 is 0. The van der Waals surface area contributed by atoms with Gasteiger partial charge in [-0.15, -0.1) is 11.6 Å². The van der Waals surface area contributed by atoms with Crippen LogP contribution in [0.15, 0.2) is 6.07 Å². The highest BCUT2D eigenvalue weighted by Gasteiger charge is 2.20. The van der Waals surface area contributed by atoms with Crippen molar-refractivity contribution in [2.24, 2.45) is 5.92 Å². The van der Waals surface area contributed by atoms with Gasteiger partial charge < -0.3 is 4.90 Å². The Morgan fingerprint density at radius 2 is 2.25 bits per heavy atom. The fourth-order valence-corrected chi connectivity index (χ4v) is 2.51. The molecule has 88 valence electrons. The molecule has 1 aromatic heterocycles.